The van der Waals surface area contributed by atoms with Crippen LogP contribution in [0, 0.1) is 6.92 Å². The molecule has 9 nitrogen and oxygen atoms in total. The van der Waals surface area contributed by atoms with Gasteiger partial charge in [-0.3, -0.25) is 14.0 Å². The van der Waals surface area contributed by atoms with Gasteiger partial charge in [-0.2, -0.15) is 5.10 Å². The standard InChI is InChI=1S/C21H33N7O2/c1-4-10-28-19(29)18-17(15(2)24-25(18)3)23-20(28)26-11-13-27(14-12-26)21(30)22-16-8-6-5-7-9-16/h16H,4-14H2,1-3H3,(H,22,30). The molecule has 2 aliphatic rings. The summed E-state index contributed by atoms with van der Waals surface area (Å²) in [5.74, 6) is 0.692. The lowest BCUT2D eigenvalue weighted by atomic mass is 9.96. The number of amides is 2. The highest BCUT2D eigenvalue weighted by molar-refractivity contribution is 5.78. The highest BCUT2D eigenvalue weighted by atomic mass is 16.2. The Morgan fingerprint density at radius 1 is 1.13 bits per heavy atom. The van der Waals surface area contributed by atoms with Gasteiger partial charge in [-0.05, 0) is 26.2 Å². The Morgan fingerprint density at radius 2 is 1.83 bits per heavy atom. The number of rotatable bonds is 4. The smallest absolute Gasteiger partial charge is 0.317 e. The topological polar surface area (TPSA) is 88.3 Å². The number of hydrogen-bond donors (Lipinski definition) is 1. The monoisotopic (exact) mass is 415 g/mol. The van der Waals surface area contributed by atoms with Crippen molar-refractivity contribution in [1.29, 1.82) is 0 Å². The van der Waals surface area contributed by atoms with Crippen molar-refractivity contribution in [3.8, 4) is 0 Å². The first-order valence-corrected chi connectivity index (χ1v) is 11.2. The summed E-state index contributed by atoms with van der Waals surface area (Å²) in [7, 11) is 1.79. The van der Waals surface area contributed by atoms with Crippen LogP contribution in [0.25, 0.3) is 11.0 Å². The molecule has 164 valence electrons. The number of nitrogens with one attached hydrogen (secondary N) is 1. The quantitative estimate of drug-likeness (QED) is 0.825. The van der Waals surface area contributed by atoms with Gasteiger partial charge in [0.1, 0.15) is 5.52 Å². The molecule has 0 unspecified atom stereocenters. The highest BCUT2D eigenvalue weighted by Crippen LogP contribution is 2.20. The summed E-state index contributed by atoms with van der Waals surface area (Å²) in [6.07, 6.45) is 6.71. The van der Waals surface area contributed by atoms with Crippen molar-refractivity contribution in [2.75, 3.05) is 31.1 Å². The van der Waals surface area contributed by atoms with Crippen LogP contribution in [0.3, 0.4) is 0 Å². The maximum atomic E-state index is 13.2. The summed E-state index contributed by atoms with van der Waals surface area (Å²) in [4.78, 5) is 34.7. The van der Waals surface area contributed by atoms with E-state index in [2.05, 4.69) is 22.2 Å². The number of carbonyl (C=O) groups is 1. The molecule has 0 bridgehead atoms. The average Bonchev–Trinajstić information content (AvgIpc) is 3.04. The van der Waals surface area contributed by atoms with Gasteiger partial charge >= 0.3 is 6.03 Å². The number of aromatic nitrogens is 4. The van der Waals surface area contributed by atoms with Crippen LogP contribution < -0.4 is 15.8 Å². The third-order valence-corrected chi connectivity index (χ3v) is 6.32. The maximum absolute atomic E-state index is 13.2. The summed E-state index contributed by atoms with van der Waals surface area (Å²) in [6, 6.07) is 0.357. The summed E-state index contributed by atoms with van der Waals surface area (Å²) in [5, 5.41) is 7.60. The molecule has 2 amide bonds. The lowest BCUT2D eigenvalue weighted by molar-refractivity contribution is 0.186. The van der Waals surface area contributed by atoms with Crippen LogP contribution >= 0.6 is 0 Å². The van der Waals surface area contributed by atoms with Crippen molar-refractivity contribution >= 4 is 23.0 Å². The van der Waals surface area contributed by atoms with Gasteiger partial charge in [-0.15, -0.1) is 0 Å². The minimum atomic E-state index is -0.0441. The molecule has 2 aromatic rings. The minimum Gasteiger partial charge on any atom is -0.339 e. The van der Waals surface area contributed by atoms with E-state index in [9.17, 15) is 9.59 Å². The van der Waals surface area contributed by atoms with E-state index in [1.165, 1.54) is 19.3 Å². The van der Waals surface area contributed by atoms with Gasteiger partial charge in [-0.25, -0.2) is 9.78 Å². The fourth-order valence-corrected chi connectivity index (χ4v) is 4.69. The van der Waals surface area contributed by atoms with Crippen molar-refractivity contribution in [3.63, 3.8) is 0 Å². The molecule has 0 atom stereocenters. The number of anilines is 1. The number of carbonyl (C=O) groups excluding carboxylic acids is 1. The van der Waals surface area contributed by atoms with Crippen molar-refractivity contribution < 1.29 is 4.79 Å². The third kappa shape index (κ3) is 3.89. The third-order valence-electron chi connectivity index (χ3n) is 6.32. The minimum absolute atomic E-state index is 0.0408. The first-order valence-electron chi connectivity index (χ1n) is 11.2. The van der Waals surface area contributed by atoms with Crippen molar-refractivity contribution in [3.05, 3.63) is 16.0 Å². The fourth-order valence-electron chi connectivity index (χ4n) is 4.69. The SMILES string of the molecule is CCCn1c(N2CCN(C(=O)NC3CCCCC3)CC2)nc2c(C)nn(C)c2c1=O. The van der Waals surface area contributed by atoms with E-state index in [0.29, 0.717) is 55.7 Å². The van der Waals surface area contributed by atoms with E-state index in [4.69, 9.17) is 4.98 Å². The van der Waals surface area contributed by atoms with Crippen molar-refractivity contribution in [2.24, 2.45) is 7.05 Å². The molecule has 1 aliphatic heterocycles. The largest absolute Gasteiger partial charge is 0.339 e. The second-order valence-electron chi connectivity index (χ2n) is 8.53. The fraction of sp³-hybridized carbons (Fsp3) is 0.714. The van der Waals surface area contributed by atoms with E-state index in [-0.39, 0.29) is 11.6 Å². The number of fused-ring (bicyclic) bond motifs is 1. The molecule has 2 fully saturated rings. The lowest BCUT2D eigenvalue weighted by Gasteiger charge is -2.37. The Bertz CT molecular complexity index is 966. The molecule has 0 radical (unpaired) electrons. The first kappa shape index (κ1) is 20.7. The van der Waals surface area contributed by atoms with Gasteiger partial charge in [0.25, 0.3) is 5.56 Å². The number of aryl methyl sites for hydroxylation is 2. The van der Waals surface area contributed by atoms with Gasteiger partial charge < -0.3 is 15.1 Å². The van der Waals surface area contributed by atoms with Crippen LogP contribution in [-0.2, 0) is 13.6 Å². The van der Waals surface area contributed by atoms with E-state index in [0.717, 1.165) is 25.0 Å². The highest BCUT2D eigenvalue weighted by Gasteiger charge is 2.27. The van der Waals surface area contributed by atoms with Crippen molar-refractivity contribution in [2.45, 2.75) is 65.0 Å². The number of urea groups is 1. The molecule has 30 heavy (non-hydrogen) atoms. The average molecular weight is 416 g/mol. The molecule has 1 saturated heterocycles. The summed E-state index contributed by atoms with van der Waals surface area (Å²) >= 11 is 0. The number of nitrogens with zero attached hydrogens (tertiary/aromatic N) is 6. The molecule has 9 heteroatoms. The van der Waals surface area contributed by atoms with E-state index in [1.807, 2.05) is 11.8 Å². The molecular formula is C21H33N7O2. The van der Waals surface area contributed by atoms with Gasteiger partial charge in [0.05, 0.1) is 5.69 Å². The van der Waals surface area contributed by atoms with Crippen LogP contribution in [0.4, 0.5) is 10.7 Å². The predicted molar refractivity (Wildman–Crippen MR) is 117 cm³/mol. The summed E-state index contributed by atoms with van der Waals surface area (Å²) < 4.78 is 3.39. The summed E-state index contributed by atoms with van der Waals surface area (Å²) in [5.41, 5.74) is 1.94. The zero-order valence-corrected chi connectivity index (χ0v) is 18.4. The zero-order valence-electron chi connectivity index (χ0n) is 18.4. The Morgan fingerprint density at radius 3 is 2.50 bits per heavy atom. The van der Waals surface area contributed by atoms with Gasteiger partial charge in [-0.1, -0.05) is 26.2 Å². The van der Waals surface area contributed by atoms with E-state index in [1.54, 1.807) is 16.3 Å². The summed E-state index contributed by atoms with van der Waals surface area (Å²) in [6.45, 7) is 7.15. The van der Waals surface area contributed by atoms with E-state index >= 15 is 0 Å². The zero-order chi connectivity index (χ0) is 21.3. The molecule has 0 aromatic carbocycles. The second-order valence-corrected chi connectivity index (χ2v) is 8.53. The first-order chi connectivity index (χ1) is 14.5. The molecule has 4 rings (SSSR count). The van der Waals surface area contributed by atoms with Crippen LogP contribution in [0.2, 0.25) is 0 Å². The molecule has 1 saturated carbocycles. The Hall–Kier alpha value is -2.58. The number of hydrogen-bond acceptors (Lipinski definition) is 5. The molecule has 1 aliphatic carbocycles. The number of piperazine rings is 1. The second kappa shape index (κ2) is 8.65. The predicted octanol–water partition coefficient (Wildman–Crippen LogP) is 2.01. The van der Waals surface area contributed by atoms with Crippen LogP contribution in [0.1, 0.15) is 51.1 Å². The molecular weight excluding hydrogens is 382 g/mol. The lowest BCUT2D eigenvalue weighted by Crippen LogP contribution is -2.54. The normalized spacial score (nSPS) is 18.2. The van der Waals surface area contributed by atoms with Crippen LogP contribution in [-0.4, -0.2) is 62.5 Å². The van der Waals surface area contributed by atoms with E-state index < -0.39 is 0 Å². The van der Waals surface area contributed by atoms with Crippen LogP contribution in [0.15, 0.2) is 4.79 Å². The van der Waals surface area contributed by atoms with Gasteiger partial charge in [0, 0.05) is 45.8 Å². The molecule has 1 N–H and O–H groups in total. The Kier molecular flexibility index (Phi) is 5.97. The Labute approximate surface area is 177 Å². The maximum Gasteiger partial charge on any atom is 0.317 e. The van der Waals surface area contributed by atoms with Crippen LogP contribution in [0.5, 0.6) is 0 Å². The molecule has 0 spiro atoms. The Balaban J connectivity index is 1.51. The van der Waals surface area contributed by atoms with Gasteiger partial charge in [0.15, 0.2) is 5.52 Å². The van der Waals surface area contributed by atoms with Crippen molar-refractivity contribution in [1.82, 2.24) is 29.5 Å². The molecule has 3 heterocycles. The molecule has 2 aromatic heterocycles. The van der Waals surface area contributed by atoms with Gasteiger partial charge in [0.2, 0.25) is 5.95 Å².